The van der Waals surface area contributed by atoms with Crippen LogP contribution in [0.3, 0.4) is 0 Å². The maximum absolute atomic E-state index is 5.43. The third-order valence-electron chi connectivity index (χ3n) is 4.98. The highest BCUT2D eigenvalue weighted by Gasteiger charge is 2.25. The van der Waals surface area contributed by atoms with Crippen LogP contribution >= 0.6 is 0 Å². The summed E-state index contributed by atoms with van der Waals surface area (Å²) in [5.41, 5.74) is 4.61. The van der Waals surface area contributed by atoms with E-state index < -0.39 is 0 Å². The van der Waals surface area contributed by atoms with Gasteiger partial charge in [-0.05, 0) is 36.1 Å². The van der Waals surface area contributed by atoms with Crippen molar-refractivity contribution in [2.24, 2.45) is 0 Å². The molecule has 0 aliphatic carbocycles. The second-order valence-electron chi connectivity index (χ2n) is 6.22. The Kier molecular flexibility index (Phi) is 4.94. The van der Waals surface area contributed by atoms with Crippen molar-refractivity contribution in [3.05, 3.63) is 34.9 Å². The zero-order valence-corrected chi connectivity index (χ0v) is 13.5. The van der Waals surface area contributed by atoms with Gasteiger partial charge < -0.3 is 4.74 Å². The monoisotopic (exact) mass is 288 g/mol. The van der Waals surface area contributed by atoms with Crippen molar-refractivity contribution in [2.45, 2.75) is 39.3 Å². The smallest absolute Gasteiger partial charge is 0.0594 e. The Morgan fingerprint density at radius 3 is 2.67 bits per heavy atom. The number of nitrogens with zero attached hydrogens (tertiary/aromatic N) is 2. The first-order valence-electron chi connectivity index (χ1n) is 8.47. The first kappa shape index (κ1) is 15.0. The SMILES string of the molecule is CCC1c2ccc(CN3CCOCC3)cc2CCN1CC. The van der Waals surface area contributed by atoms with Crippen LogP contribution < -0.4 is 0 Å². The van der Waals surface area contributed by atoms with Crippen molar-refractivity contribution in [2.75, 3.05) is 39.4 Å². The fourth-order valence-corrected chi connectivity index (χ4v) is 3.79. The van der Waals surface area contributed by atoms with Crippen LogP contribution in [0.15, 0.2) is 18.2 Å². The first-order chi connectivity index (χ1) is 10.3. The van der Waals surface area contributed by atoms with E-state index in [1.807, 2.05) is 0 Å². The molecule has 0 bridgehead atoms. The molecule has 2 aliphatic heterocycles. The van der Waals surface area contributed by atoms with Gasteiger partial charge in [-0.25, -0.2) is 0 Å². The van der Waals surface area contributed by atoms with Crippen LogP contribution in [0.5, 0.6) is 0 Å². The summed E-state index contributed by atoms with van der Waals surface area (Å²) in [5.74, 6) is 0. The Labute approximate surface area is 128 Å². The molecule has 0 N–H and O–H groups in total. The van der Waals surface area contributed by atoms with Gasteiger partial charge in [0.25, 0.3) is 0 Å². The van der Waals surface area contributed by atoms with Crippen molar-refractivity contribution in [1.29, 1.82) is 0 Å². The number of rotatable bonds is 4. The van der Waals surface area contributed by atoms with Crippen LogP contribution in [-0.2, 0) is 17.7 Å². The number of fused-ring (bicyclic) bond motifs is 1. The Balaban J connectivity index is 1.75. The highest BCUT2D eigenvalue weighted by molar-refractivity contribution is 5.36. The fourth-order valence-electron chi connectivity index (χ4n) is 3.79. The molecule has 2 heterocycles. The number of ether oxygens (including phenoxy) is 1. The van der Waals surface area contributed by atoms with Crippen LogP contribution in [0, 0.1) is 0 Å². The molecule has 0 amide bonds. The lowest BCUT2D eigenvalue weighted by Crippen LogP contribution is -2.36. The van der Waals surface area contributed by atoms with E-state index in [9.17, 15) is 0 Å². The third kappa shape index (κ3) is 3.31. The molecular weight excluding hydrogens is 260 g/mol. The van der Waals surface area contributed by atoms with Crippen molar-refractivity contribution < 1.29 is 4.74 Å². The summed E-state index contributed by atoms with van der Waals surface area (Å²) in [6.07, 6.45) is 2.42. The standard InChI is InChI=1S/C18H28N2O/c1-3-18-17-6-5-15(14-19-9-11-21-12-10-19)13-16(17)7-8-20(18)4-2/h5-6,13,18H,3-4,7-12,14H2,1-2H3. The predicted octanol–water partition coefficient (Wildman–Crippen LogP) is 2.85. The third-order valence-corrected chi connectivity index (χ3v) is 4.98. The van der Waals surface area contributed by atoms with Gasteiger partial charge in [0.05, 0.1) is 13.2 Å². The number of hydrogen-bond acceptors (Lipinski definition) is 3. The van der Waals surface area contributed by atoms with Crippen molar-refractivity contribution in [1.82, 2.24) is 9.80 Å². The predicted molar refractivity (Wildman–Crippen MR) is 86.5 cm³/mol. The second kappa shape index (κ2) is 6.91. The van der Waals surface area contributed by atoms with Gasteiger partial charge in [-0.3, -0.25) is 9.80 Å². The van der Waals surface area contributed by atoms with Gasteiger partial charge in [-0.2, -0.15) is 0 Å². The number of morpholine rings is 1. The largest absolute Gasteiger partial charge is 0.379 e. The normalized spacial score (nSPS) is 24.0. The molecule has 0 saturated carbocycles. The molecule has 0 spiro atoms. The van der Waals surface area contributed by atoms with Crippen LogP contribution in [0.2, 0.25) is 0 Å². The molecular formula is C18H28N2O. The van der Waals surface area contributed by atoms with Crippen LogP contribution in [0.4, 0.5) is 0 Å². The lowest BCUT2D eigenvalue weighted by molar-refractivity contribution is 0.0341. The molecule has 21 heavy (non-hydrogen) atoms. The summed E-state index contributed by atoms with van der Waals surface area (Å²) in [4.78, 5) is 5.12. The van der Waals surface area contributed by atoms with Crippen molar-refractivity contribution >= 4 is 0 Å². The van der Waals surface area contributed by atoms with E-state index in [0.717, 1.165) is 39.4 Å². The zero-order valence-electron chi connectivity index (χ0n) is 13.5. The lowest BCUT2D eigenvalue weighted by Gasteiger charge is -2.36. The van der Waals surface area contributed by atoms with Crippen LogP contribution in [0.25, 0.3) is 0 Å². The van der Waals surface area contributed by atoms with E-state index in [1.165, 1.54) is 24.9 Å². The van der Waals surface area contributed by atoms with Crippen LogP contribution in [-0.4, -0.2) is 49.2 Å². The van der Waals surface area contributed by atoms with Crippen LogP contribution in [0.1, 0.15) is 43.0 Å². The molecule has 0 radical (unpaired) electrons. The van der Waals surface area contributed by atoms with E-state index in [1.54, 1.807) is 11.1 Å². The maximum atomic E-state index is 5.43. The summed E-state index contributed by atoms with van der Waals surface area (Å²) >= 11 is 0. The molecule has 1 aromatic rings. The minimum atomic E-state index is 0.621. The Morgan fingerprint density at radius 2 is 1.95 bits per heavy atom. The van der Waals surface area contributed by atoms with E-state index in [4.69, 9.17) is 4.74 Å². The molecule has 3 heteroatoms. The average molecular weight is 288 g/mol. The molecule has 2 aliphatic rings. The van der Waals surface area contributed by atoms with Gasteiger partial charge in [-0.15, -0.1) is 0 Å². The molecule has 1 aromatic carbocycles. The van der Waals surface area contributed by atoms with Gasteiger partial charge in [-0.1, -0.05) is 32.0 Å². The number of benzene rings is 1. The van der Waals surface area contributed by atoms with Gasteiger partial charge in [0.2, 0.25) is 0 Å². The minimum absolute atomic E-state index is 0.621. The zero-order chi connectivity index (χ0) is 14.7. The second-order valence-corrected chi connectivity index (χ2v) is 6.22. The lowest BCUT2D eigenvalue weighted by atomic mass is 9.89. The minimum Gasteiger partial charge on any atom is -0.379 e. The number of likely N-dealkylation sites (N-methyl/N-ethyl adjacent to an activating group) is 1. The highest BCUT2D eigenvalue weighted by atomic mass is 16.5. The maximum Gasteiger partial charge on any atom is 0.0594 e. The molecule has 1 fully saturated rings. The molecule has 3 rings (SSSR count). The summed E-state index contributed by atoms with van der Waals surface area (Å²) in [7, 11) is 0. The molecule has 1 saturated heterocycles. The molecule has 116 valence electrons. The fraction of sp³-hybridized carbons (Fsp3) is 0.667. The topological polar surface area (TPSA) is 15.7 Å². The summed E-state index contributed by atoms with van der Waals surface area (Å²) in [5, 5.41) is 0. The molecule has 3 nitrogen and oxygen atoms in total. The summed E-state index contributed by atoms with van der Waals surface area (Å²) in [6.45, 7) is 11.9. The van der Waals surface area contributed by atoms with E-state index in [2.05, 4.69) is 41.8 Å². The summed E-state index contributed by atoms with van der Waals surface area (Å²) < 4.78 is 5.43. The van der Waals surface area contributed by atoms with Crippen molar-refractivity contribution in [3.8, 4) is 0 Å². The molecule has 1 atom stereocenters. The molecule has 1 unspecified atom stereocenters. The van der Waals surface area contributed by atoms with E-state index >= 15 is 0 Å². The van der Waals surface area contributed by atoms with Crippen molar-refractivity contribution in [3.63, 3.8) is 0 Å². The summed E-state index contributed by atoms with van der Waals surface area (Å²) in [6, 6.07) is 7.81. The highest BCUT2D eigenvalue weighted by Crippen LogP contribution is 2.32. The average Bonchev–Trinajstić information content (AvgIpc) is 2.54. The first-order valence-corrected chi connectivity index (χ1v) is 8.47. The Bertz CT molecular complexity index is 468. The number of hydrogen-bond donors (Lipinski definition) is 0. The Hall–Kier alpha value is -0.900. The Morgan fingerprint density at radius 1 is 1.14 bits per heavy atom. The van der Waals surface area contributed by atoms with E-state index in [0.29, 0.717) is 6.04 Å². The van der Waals surface area contributed by atoms with Gasteiger partial charge >= 0.3 is 0 Å². The van der Waals surface area contributed by atoms with Gasteiger partial charge in [0.15, 0.2) is 0 Å². The van der Waals surface area contributed by atoms with Gasteiger partial charge in [0, 0.05) is 32.2 Å². The molecule has 0 aromatic heterocycles. The van der Waals surface area contributed by atoms with E-state index in [-0.39, 0.29) is 0 Å². The van der Waals surface area contributed by atoms with Gasteiger partial charge in [0.1, 0.15) is 0 Å². The quantitative estimate of drug-likeness (QED) is 0.847.